The lowest BCUT2D eigenvalue weighted by atomic mass is 10.3. The van der Waals surface area contributed by atoms with E-state index in [1.54, 1.807) is 7.11 Å². The summed E-state index contributed by atoms with van der Waals surface area (Å²) in [5.74, 6) is 0.819. The van der Waals surface area contributed by atoms with Gasteiger partial charge < -0.3 is 4.74 Å². The van der Waals surface area contributed by atoms with E-state index in [9.17, 15) is 4.79 Å². The van der Waals surface area contributed by atoms with Crippen molar-refractivity contribution in [1.82, 2.24) is 0 Å². The van der Waals surface area contributed by atoms with Gasteiger partial charge in [-0.15, -0.1) is 0 Å². The molecule has 1 aromatic rings. The fourth-order valence-corrected chi connectivity index (χ4v) is 1.68. The molecule has 1 aromatic carbocycles. The second kappa shape index (κ2) is 4.10. The number of carbonyl (C=O) groups excluding carboxylic acids is 1. The van der Waals surface area contributed by atoms with Gasteiger partial charge in [-0.3, -0.25) is 0 Å². The van der Waals surface area contributed by atoms with Crippen LogP contribution >= 0.6 is 10.5 Å². The molecule has 66 valence electrons. The Morgan fingerprint density at radius 3 is 2.33 bits per heavy atom. The summed E-state index contributed by atoms with van der Waals surface area (Å²) in [4.78, 5) is 11.4. The molecule has 0 heterocycles. The van der Waals surface area contributed by atoms with Gasteiger partial charge >= 0.3 is 0 Å². The van der Waals surface area contributed by atoms with Crippen molar-refractivity contribution in [2.75, 3.05) is 13.4 Å². The first kappa shape index (κ1) is 9.04. The quantitative estimate of drug-likeness (QED) is 0.651. The Hall–Kier alpha value is -1.05. The van der Waals surface area contributed by atoms with Gasteiger partial charge in [0, 0.05) is 0 Å². The normalized spacial score (nSPS) is 10.3. The Bertz CT molecular complexity index is 310. The first-order valence-electron chi connectivity index (χ1n) is 3.64. The average molecular weight is 184 g/mol. The average Bonchev–Trinajstić information content (AvgIpc) is 2.17. The van der Waals surface area contributed by atoms with E-state index < -0.39 is 10.5 Å². The molecule has 0 spiro atoms. The Morgan fingerprint density at radius 2 is 1.92 bits per heavy atom. The minimum Gasteiger partial charge on any atom is -0.497 e. The third kappa shape index (κ3) is 1.97. The standard InChI is InChI=1S/C9H12O2S/c1-11-8-3-5-9(6-4-8)12(2)7-10/h3-6H,12H2,1-2H3. The molecule has 0 saturated heterocycles. The van der Waals surface area contributed by atoms with Crippen molar-refractivity contribution in [3.05, 3.63) is 24.3 Å². The Labute approximate surface area is 74.1 Å². The third-order valence-corrected chi connectivity index (χ3v) is 3.18. The Kier molecular flexibility index (Phi) is 3.09. The van der Waals surface area contributed by atoms with Gasteiger partial charge in [0.25, 0.3) is 0 Å². The number of ether oxygens (including phenoxy) is 1. The zero-order valence-electron chi connectivity index (χ0n) is 7.13. The van der Waals surface area contributed by atoms with E-state index in [0.29, 0.717) is 0 Å². The smallest absolute Gasteiger partial charge is 0.137 e. The SMILES string of the molecule is COc1ccc([SH2](C)=C=O)cc1. The number of hydrogen-bond donors (Lipinski definition) is 0. The van der Waals surface area contributed by atoms with Crippen LogP contribution in [-0.4, -0.2) is 18.6 Å². The van der Waals surface area contributed by atoms with Crippen LogP contribution in [0.4, 0.5) is 0 Å². The predicted molar refractivity (Wildman–Crippen MR) is 53.3 cm³/mol. The molecular weight excluding hydrogens is 172 g/mol. The van der Waals surface area contributed by atoms with Crippen LogP contribution in [0.25, 0.3) is 0 Å². The Morgan fingerprint density at radius 1 is 1.33 bits per heavy atom. The Balaban J connectivity index is 3.00. The van der Waals surface area contributed by atoms with Crippen LogP contribution in [0.5, 0.6) is 5.75 Å². The summed E-state index contributed by atoms with van der Waals surface area (Å²) in [5, 5.41) is 2.03. The largest absolute Gasteiger partial charge is 0.497 e. The monoisotopic (exact) mass is 184 g/mol. The van der Waals surface area contributed by atoms with Crippen molar-refractivity contribution in [2.45, 2.75) is 4.90 Å². The summed E-state index contributed by atoms with van der Waals surface area (Å²) in [5.41, 5.74) is 0. The molecule has 1 rings (SSSR count). The second-order valence-corrected chi connectivity index (χ2v) is 4.49. The highest BCUT2D eigenvalue weighted by Crippen LogP contribution is 2.23. The zero-order chi connectivity index (χ0) is 8.97. The number of rotatable bonds is 2. The highest BCUT2D eigenvalue weighted by Gasteiger charge is 1.92. The van der Waals surface area contributed by atoms with Crippen molar-refractivity contribution in [1.29, 1.82) is 0 Å². The topological polar surface area (TPSA) is 26.3 Å². The summed E-state index contributed by atoms with van der Waals surface area (Å²) >= 11 is 0. The van der Waals surface area contributed by atoms with E-state index in [2.05, 4.69) is 0 Å². The van der Waals surface area contributed by atoms with Crippen LogP contribution < -0.4 is 4.74 Å². The minimum atomic E-state index is -1.09. The molecule has 0 bridgehead atoms. The maximum absolute atomic E-state index is 10.3. The number of benzene rings is 1. The highest BCUT2D eigenvalue weighted by atomic mass is 32.2. The van der Waals surface area contributed by atoms with Crippen molar-refractivity contribution < 1.29 is 9.53 Å². The lowest BCUT2D eigenvalue weighted by Crippen LogP contribution is -1.81. The molecule has 12 heavy (non-hydrogen) atoms. The van der Waals surface area contributed by atoms with Crippen molar-refractivity contribution in [3.8, 4) is 5.75 Å². The second-order valence-electron chi connectivity index (χ2n) is 2.46. The van der Waals surface area contributed by atoms with E-state index >= 15 is 0 Å². The molecule has 2 nitrogen and oxygen atoms in total. The number of hydrogen-bond acceptors (Lipinski definition) is 2. The van der Waals surface area contributed by atoms with Crippen molar-refractivity contribution in [3.63, 3.8) is 0 Å². The van der Waals surface area contributed by atoms with Crippen LogP contribution in [0, 0.1) is 0 Å². The predicted octanol–water partition coefficient (Wildman–Crippen LogP) is 1.48. The molecular formula is C9H12O2S. The molecule has 0 aromatic heterocycles. The van der Waals surface area contributed by atoms with E-state index in [-0.39, 0.29) is 0 Å². The van der Waals surface area contributed by atoms with Gasteiger partial charge in [-0.25, -0.2) is 4.79 Å². The van der Waals surface area contributed by atoms with E-state index in [4.69, 9.17) is 4.74 Å². The summed E-state index contributed by atoms with van der Waals surface area (Å²) in [7, 11) is 0.531. The maximum atomic E-state index is 10.3. The first-order chi connectivity index (χ1) is 5.77. The highest BCUT2D eigenvalue weighted by molar-refractivity contribution is 8.13. The zero-order valence-corrected chi connectivity index (χ0v) is 8.13. The lowest BCUT2D eigenvalue weighted by molar-refractivity contribution is 0.414. The molecule has 0 aliphatic rings. The summed E-state index contributed by atoms with van der Waals surface area (Å²) in [6.45, 7) is 0. The molecule has 0 aliphatic carbocycles. The van der Waals surface area contributed by atoms with Crippen molar-refractivity contribution in [2.24, 2.45) is 0 Å². The van der Waals surface area contributed by atoms with E-state index in [0.717, 1.165) is 10.6 Å². The molecule has 3 heteroatoms. The summed E-state index contributed by atoms with van der Waals surface area (Å²) in [6.07, 6.45) is 1.92. The molecule has 0 N–H and O–H groups in total. The molecule has 0 amide bonds. The van der Waals surface area contributed by atoms with E-state index in [1.807, 2.05) is 35.8 Å². The maximum Gasteiger partial charge on any atom is 0.137 e. The fraction of sp³-hybridized carbons (Fsp3) is 0.222. The summed E-state index contributed by atoms with van der Waals surface area (Å²) in [6, 6.07) is 7.55. The van der Waals surface area contributed by atoms with Gasteiger partial charge in [-0.05, 0) is 35.4 Å². The minimum absolute atomic E-state index is 0.819. The fourth-order valence-electron chi connectivity index (χ4n) is 0.900. The molecule has 0 aliphatic heterocycles. The van der Waals surface area contributed by atoms with Crippen LogP contribution in [-0.2, 0) is 4.79 Å². The molecule has 0 unspecified atom stereocenters. The van der Waals surface area contributed by atoms with Crippen LogP contribution in [0.15, 0.2) is 29.2 Å². The van der Waals surface area contributed by atoms with Crippen LogP contribution in [0.3, 0.4) is 0 Å². The molecule has 0 radical (unpaired) electrons. The molecule has 0 saturated carbocycles. The van der Waals surface area contributed by atoms with Gasteiger partial charge in [-0.1, -0.05) is 0 Å². The lowest BCUT2D eigenvalue weighted by Gasteiger charge is -2.02. The van der Waals surface area contributed by atoms with Gasteiger partial charge in [-0.2, -0.15) is 10.5 Å². The third-order valence-electron chi connectivity index (χ3n) is 1.68. The molecule has 0 fully saturated rings. The van der Waals surface area contributed by atoms with Gasteiger partial charge in [0.1, 0.15) is 11.0 Å². The van der Waals surface area contributed by atoms with Gasteiger partial charge in [0.15, 0.2) is 0 Å². The van der Waals surface area contributed by atoms with Crippen LogP contribution in [0.1, 0.15) is 0 Å². The van der Waals surface area contributed by atoms with Crippen molar-refractivity contribution >= 4 is 15.7 Å². The van der Waals surface area contributed by atoms with Gasteiger partial charge in [0.2, 0.25) is 0 Å². The first-order valence-corrected chi connectivity index (χ1v) is 5.64. The molecule has 0 atom stereocenters. The van der Waals surface area contributed by atoms with E-state index in [1.165, 1.54) is 0 Å². The summed E-state index contributed by atoms with van der Waals surface area (Å²) < 4.78 is 5.00. The van der Waals surface area contributed by atoms with Crippen LogP contribution in [0.2, 0.25) is 0 Å². The number of methoxy groups -OCH3 is 1. The van der Waals surface area contributed by atoms with Gasteiger partial charge in [0.05, 0.1) is 7.11 Å².